The minimum absolute atomic E-state index is 0.139. The summed E-state index contributed by atoms with van der Waals surface area (Å²) < 4.78 is 0. The van der Waals surface area contributed by atoms with Crippen LogP contribution in [0.2, 0.25) is 0 Å². The van der Waals surface area contributed by atoms with Gasteiger partial charge in [0.2, 0.25) is 32.6 Å². The zero-order valence-corrected chi connectivity index (χ0v) is 30.7. The van der Waals surface area contributed by atoms with Crippen LogP contribution < -0.4 is 47.3 Å². The lowest BCUT2D eigenvalue weighted by Gasteiger charge is -2.30. The predicted octanol–water partition coefficient (Wildman–Crippen LogP) is 4.42. The van der Waals surface area contributed by atoms with E-state index in [2.05, 4.69) is 41.5 Å². The van der Waals surface area contributed by atoms with E-state index in [-0.39, 0.29) is 43.9 Å². The standard InChI is InChI=1S/C13H21NO2.C12H17NO2.C12H19NO2/c1-8(2)7-14(6)10-9(13(3,4)5)11(15)12(10)16;1-7(2)6-13(3)10-9(8-4-5-8)11(14)12(10)15;1-7(2)6-13(5)10-9(8(3)4)11(14)12(10)15/h8H,7H2,1-6H3;7-8H,4-6H2,1-3H3;7-8H,6H2,1-5H3. The fourth-order valence-electron chi connectivity index (χ4n) is 6.20. The Morgan fingerprint density at radius 2 is 0.913 bits per heavy atom. The summed E-state index contributed by atoms with van der Waals surface area (Å²) in [6.07, 6.45) is 2.15. The molecule has 0 amide bonds. The van der Waals surface area contributed by atoms with Gasteiger partial charge in [-0.25, -0.2) is 0 Å². The van der Waals surface area contributed by atoms with Crippen molar-refractivity contribution in [1.82, 2.24) is 0 Å². The maximum Gasteiger partial charge on any atom is 0.249 e. The van der Waals surface area contributed by atoms with Crippen LogP contribution in [0.25, 0.3) is 0 Å². The highest BCUT2D eigenvalue weighted by Gasteiger charge is 2.36. The van der Waals surface area contributed by atoms with E-state index in [1.165, 1.54) is 0 Å². The molecule has 0 saturated heterocycles. The zero-order valence-electron chi connectivity index (χ0n) is 30.7. The number of nitrogens with zero attached hydrogens (tertiary/aromatic N) is 3. The molecular formula is C37H57N3O6. The maximum absolute atomic E-state index is 11.6. The summed E-state index contributed by atoms with van der Waals surface area (Å²) in [7, 11) is 5.66. The highest BCUT2D eigenvalue weighted by Crippen LogP contribution is 2.42. The van der Waals surface area contributed by atoms with Crippen molar-refractivity contribution < 1.29 is 0 Å². The van der Waals surface area contributed by atoms with Crippen molar-refractivity contribution in [1.29, 1.82) is 0 Å². The Balaban J connectivity index is 0.000000240. The lowest BCUT2D eigenvalue weighted by molar-refractivity contribution is 0.568. The molecule has 0 unspecified atom stereocenters. The zero-order chi connectivity index (χ0) is 35.6. The van der Waals surface area contributed by atoms with Gasteiger partial charge in [-0.15, -0.1) is 0 Å². The second kappa shape index (κ2) is 15.0. The Kier molecular flexibility index (Phi) is 12.7. The predicted molar refractivity (Wildman–Crippen MR) is 193 cm³/mol. The molecule has 0 aromatic heterocycles. The molecule has 3 aromatic carbocycles. The highest BCUT2D eigenvalue weighted by molar-refractivity contribution is 5.62. The molecular weight excluding hydrogens is 582 g/mol. The van der Waals surface area contributed by atoms with Gasteiger partial charge in [-0.05, 0) is 47.8 Å². The van der Waals surface area contributed by atoms with Gasteiger partial charge in [-0.3, -0.25) is 28.8 Å². The van der Waals surface area contributed by atoms with E-state index in [1.54, 1.807) is 0 Å². The van der Waals surface area contributed by atoms with E-state index in [9.17, 15) is 28.8 Å². The van der Waals surface area contributed by atoms with Crippen molar-refractivity contribution >= 4 is 17.1 Å². The third-order valence-electron chi connectivity index (χ3n) is 8.10. The Morgan fingerprint density at radius 1 is 0.543 bits per heavy atom. The molecule has 256 valence electrons. The molecule has 1 fully saturated rings. The summed E-state index contributed by atoms with van der Waals surface area (Å²) in [5.74, 6) is 1.99. The van der Waals surface area contributed by atoms with Crippen molar-refractivity contribution in [2.24, 2.45) is 17.8 Å². The van der Waals surface area contributed by atoms with Gasteiger partial charge >= 0.3 is 0 Å². The molecule has 4 rings (SSSR count). The summed E-state index contributed by atoms with van der Waals surface area (Å²) in [4.78, 5) is 74.6. The van der Waals surface area contributed by atoms with Crippen LogP contribution in [0.4, 0.5) is 17.1 Å². The first kappa shape index (κ1) is 38.8. The van der Waals surface area contributed by atoms with Crippen LogP contribution in [-0.2, 0) is 5.41 Å². The van der Waals surface area contributed by atoms with Crippen molar-refractivity contribution in [2.75, 3.05) is 55.5 Å². The second-order valence-corrected chi connectivity index (χ2v) is 15.7. The maximum atomic E-state index is 11.6. The van der Waals surface area contributed by atoms with E-state index < -0.39 is 0 Å². The Bertz CT molecular complexity index is 1620. The van der Waals surface area contributed by atoms with Gasteiger partial charge in [-0.1, -0.05) is 76.2 Å². The molecule has 46 heavy (non-hydrogen) atoms. The normalized spacial score (nSPS) is 13.4. The Labute approximate surface area is 274 Å². The van der Waals surface area contributed by atoms with Gasteiger partial charge in [0.15, 0.2) is 0 Å². The van der Waals surface area contributed by atoms with Crippen LogP contribution in [0.15, 0.2) is 28.8 Å². The van der Waals surface area contributed by atoms with Gasteiger partial charge in [0, 0.05) is 57.5 Å². The van der Waals surface area contributed by atoms with Crippen LogP contribution in [0.5, 0.6) is 0 Å². The van der Waals surface area contributed by atoms with Crippen LogP contribution in [0, 0.1) is 17.8 Å². The topological polar surface area (TPSA) is 112 Å². The Morgan fingerprint density at radius 3 is 1.28 bits per heavy atom. The van der Waals surface area contributed by atoms with Crippen molar-refractivity contribution in [2.45, 2.75) is 106 Å². The summed E-state index contributed by atoms with van der Waals surface area (Å²) in [6, 6.07) is 0. The number of hydrogen-bond donors (Lipinski definition) is 0. The van der Waals surface area contributed by atoms with Gasteiger partial charge in [-0.2, -0.15) is 0 Å². The molecule has 0 aliphatic heterocycles. The second-order valence-electron chi connectivity index (χ2n) is 15.7. The smallest absolute Gasteiger partial charge is 0.249 e. The molecule has 0 N–H and O–H groups in total. The molecule has 0 atom stereocenters. The molecule has 0 bridgehead atoms. The quantitative estimate of drug-likeness (QED) is 0.282. The third-order valence-corrected chi connectivity index (χ3v) is 8.10. The minimum atomic E-state index is -0.326. The first-order valence-electron chi connectivity index (χ1n) is 16.7. The summed E-state index contributed by atoms with van der Waals surface area (Å²) in [5, 5.41) is 0. The van der Waals surface area contributed by atoms with Gasteiger partial charge in [0.05, 0.1) is 17.1 Å². The summed E-state index contributed by atoms with van der Waals surface area (Å²) >= 11 is 0. The van der Waals surface area contributed by atoms with E-state index in [4.69, 9.17) is 0 Å². The average Bonchev–Trinajstić information content (AvgIpc) is 3.74. The molecule has 0 heterocycles. The largest absolute Gasteiger partial charge is 0.371 e. The number of rotatable bonds is 11. The molecule has 0 radical (unpaired) electrons. The Hall–Kier alpha value is -3.36. The fraction of sp³-hybridized carbons (Fsp3) is 0.676. The lowest BCUT2D eigenvalue weighted by Crippen LogP contribution is -2.47. The van der Waals surface area contributed by atoms with Crippen LogP contribution in [-0.4, -0.2) is 40.8 Å². The monoisotopic (exact) mass is 639 g/mol. The third kappa shape index (κ3) is 8.71. The molecule has 1 aliphatic rings. The molecule has 3 aromatic rings. The molecule has 9 heteroatoms. The molecule has 1 aliphatic carbocycles. The molecule has 9 nitrogen and oxygen atoms in total. The SMILES string of the molecule is CC(C)CN(C)c1c(C(C)(C)C)c(=O)c1=O.CC(C)CN(C)c1c(C(C)C)c(=O)c1=O.CC(C)CN(C)c1c(C2CC2)c(=O)c1=O. The minimum Gasteiger partial charge on any atom is -0.371 e. The lowest BCUT2D eigenvalue weighted by atomic mass is 9.82. The number of anilines is 3. The van der Waals surface area contributed by atoms with E-state index in [0.717, 1.165) is 38.0 Å². The van der Waals surface area contributed by atoms with Gasteiger partial charge < -0.3 is 14.7 Å². The molecule has 0 spiro atoms. The van der Waals surface area contributed by atoms with E-state index >= 15 is 0 Å². The molecule has 1 saturated carbocycles. The van der Waals surface area contributed by atoms with E-state index in [0.29, 0.717) is 51.9 Å². The van der Waals surface area contributed by atoms with E-state index in [1.807, 2.05) is 70.5 Å². The van der Waals surface area contributed by atoms with Crippen molar-refractivity contribution in [3.8, 4) is 0 Å². The first-order valence-corrected chi connectivity index (χ1v) is 16.7. The van der Waals surface area contributed by atoms with Crippen LogP contribution in [0.3, 0.4) is 0 Å². The summed E-state index contributed by atoms with van der Waals surface area (Å²) in [5.41, 5.74) is 2.12. The van der Waals surface area contributed by atoms with Crippen molar-refractivity contribution in [3.05, 3.63) is 78.0 Å². The fourth-order valence-corrected chi connectivity index (χ4v) is 6.20. The van der Waals surface area contributed by atoms with Gasteiger partial charge in [0.1, 0.15) is 0 Å². The first-order chi connectivity index (χ1) is 21.0. The average molecular weight is 640 g/mol. The summed E-state index contributed by atoms with van der Waals surface area (Å²) in [6.45, 7) is 24.8. The van der Waals surface area contributed by atoms with Gasteiger partial charge in [0.25, 0.3) is 0 Å². The van der Waals surface area contributed by atoms with Crippen LogP contribution >= 0.6 is 0 Å². The van der Waals surface area contributed by atoms with Crippen LogP contribution in [0.1, 0.15) is 118 Å². The van der Waals surface area contributed by atoms with Crippen molar-refractivity contribution in [3.63, 3.8) is 0 Å². The highest BCUT2D eigenvalue weighted by atomic mass is 16.2. The number of hydrogen-bond acceptors (Lipinski definition) is 9.